The third-order valence-electron chi connectivity index (χ3n) is 3.80. The molecule has 7 nitrogen and oxygen atoms in total. The van der Waals surface area contributed by atoms with Crippen LogP contribution in [0.4, 0.5) is 0 Å². The first-order valence-electron chi connectivity index (χ1n) is 6.25. The van der Waals surface area contributed by atoms with Crippen molar-refractivity contribution in [3.05, 3.63) is 28.4 Å². The number of hydrogen-bond acceptors (Lipinski definition) is 5. The van der Waals surface area contributed by atoms with E-state index in [1.54, 1.807) is 6.20 Å². The van der Waals surface area contributed by atoms with Gasteiger partial charge in [0, 0.05) is 30.4 Å². The molecule has 0 spiro atoms. The van der Waals surface area contributed by atoms with Gasteiger partial charge in [0.1, 0.15) is 5.52 Å². The Morgan fingerprint density at radius 2 is 2.05 bits per heavy atom. The predicted octanol–water partition coefficient (Wildman–Crippen LogP) is -0.821. The molecule has 2 aromatic rings. The van der Waals surface area contributed by atoms with E-state index in [0.29, 0.717) is 17.6 Å². The van der Waals surface area contributed by atoms with E-state index in [4.69, 9.17) is 0 Å². The summed E-state index contributed by atoms with van der Waals surface area (Å²) in [4.78, 5) is 23.2. The van der Waals surface area contributed by atoms with Gasteiger partial charge in [-0.3, -0.25) is 9.69 Å². The van der Waals surface area contributed by atoms with Crippen molar-refractivity contribution in [2.75, 3.05) is 13.2 Å². The highest BCUT2D eigenvalue weighted by Gasteiger charge is 2.37. The smallest absolute Gasteiger partial charge is 0.275 e. The van der Waals surface area contributed by atoms with Gasteiger partial charge < -0.3 is 20.2 Å². The lowest BCUT2D eigenvalue weighted by Gasteiger charge is -2.47. The average Bonchev–Trinajstić information content (AvgIpc) is 2.80. The number of H-pyrrole nitrogens is 2. The first kappa shape index (κ1) is 12.3. The highest BCUT2D eigenvalue weighted by Crippen LogP contribution is 2.28. The second-order valence-electron chi connectivity index (χ2n) is 4.85. The van der Waals surface area contributed by atoms with Gasteiger partial charge in [0.05, 0.1) is 25.1 Å². The number of aromatic nitrogens is 3. The summed E-state index contributed by atoms with van der Waals surface area (Å²) in [5, 5.41) is 18.5. The van der Waals surface area contributed by atoms with E-state index in [9.17, 15) is 15.0 Å². The molecule has 19 heavy (non-hydrogen) atoms. The van der Waals surface area contributed by atoms with Crippen molar-refractivity contribution in [2.24, 2.45) is 0 Å². The summed E-state index contributed by atoms with van der Waals surface area (Å²) in [6.45, 7) is 0.715. The summed E-state index contributed by atoms with van der Waals surface area (Å²) >= 11 is 0. The third-order valence-corrected chi connectivity index (χ3v) is 3.80. The predicted molar refractivity (Wildman–Crippen MR) is 68.6 cm³/mol. The summed E-state index contributed by atoms with van der Waals surface area (Å²) in [6.07, 6.45) is 3.93. The topological polar surface area (TPSA) is 105 Å². The number of fused-ring (bicyclic) bond motifs is 1. The monoisotopic (exact) mass is 264 g/mol. The SMILES string of the molecule is O=c1[nH]cnc2c(CN3[C@H](CO)C[C@@H]3CO)c[nH]c12. The van der Waals surface area contributed by atoms with Crippen LogP contribution in [0.25, 0.3) is 11.0 Å². The Labute approximate surface area is 108 Å². The molecule has 1 fully saturated rings. The maximum Gasteiger partial charge on any atom is 0.275 e. The van der Waals surface area contributed by atoms with E-state index in [0.717, 1.165) is 12.0 Å². The van der Waals surface area contributed by atoms with Crippen molar-refractivity contribution < 1.29 is 10.2 Å². The second-order valence-corrected chi connectivity index (χ2v) is 4.85. The molecule has 7 heteroatoms. The van der Waals surface area contributed by atoms with E-state index in [1.807, 2.05) is 4.90 Å². The normalized spacial score (nSPS) is 23.7. The number of aromatic amines is 2. The van der Waals surface area contributed by atoms with Crippen molar-refractivity contribution in [2.45, 2.75) is 25.0 Å². The molecule has 0 unspecified atom stereocenters. The number of likely N-dealkylation sites (tertiary alicyclic amines) is 1. The number of hydrogen-bond donors (Lipinski definition) is 4. The van der Waals surface area contributed by atoms with Crippen LogP contribution in [-0.4, -0.2) is 55.4 Å². The van der Waals surface area contributed by atoms with Crippen LogP contribution in [0.15, 0.2) is 17.3 Å². The van der Waals surface area contributed by atoms with Gasteiger partial charge in [0.25, 0.3) is 5.56 Å². The Bertz CT molecular complexity index is 625. The van der Waals surface area contributed by atoms with Gasteiger partial charge in [-0.05, 0) is 6.42 Å². The first-order chi connectivity index (χ1) is 9.24. The summed E-state index contributed by atoms with van der Waals surface area (Å²) in [7, 11) is 0. The molecule has 3 heterocycles. The van der Waals surface area contributed by atoms with Crippen LogP contribution in [0.5, 0.6) is 0 Å². The van der Waals surface area contributed by atoms with E-state index in [2.05, 4.69) is 15.0 Å². The molecule has 1 aliphatic heterocycles. The molecular weight excluding hydrogens is 248 g/mol. The molecular formula is C12H16N4O3. The molecule has 1 aliphatic rings. The Morgan fingerprint density at radius 1 is 1.32 bits per heavy atom. The fourth-order valence-electron chi connectivity index (χ4n) is 2.68. The molecule has 0 saturated carbocycles. The highest BCUT2D eigenvalue weighted by atomic mass is 16.3. The molecule has 2 aromatic heterocycles. The zero-order valence-corrected chi connectivity index (χ0v) is 10.3. The van der Waals surface area contributed by atoms with E-state index < -0.39 is 0 Å². The maximum absolute atomic E-state index is 11.6. The number of nitrogens with zero attached hydrogens (tertiary/aromatic N) is 2. The standard InChI is InChI=1S/C12H16N4O3/c17-4-8-1-9(5-18)16(8)3-7-2-13-11-10(7)14-6-15-12(11)19/h2,6,8-9,13,17-18H,1,3-5H2,(H,14,15,19)/t8-,9+. The van der Waals surface area contributed by atoms with Crippen LogP contribution in [0.3, 0.4) is 0 Å². The first-order valence-corrected chi connectivity index (χ1v) is 6.25. The average molecular weight is 264 g/mol. The van der Waals surface area contributed by atoms with Crippen molar-refractivity contribution in [1.29, 1.82) is 0 Å². The summed E-state index contributed by atoms with van der Waals surface area (Å²) in [5.41, 5.74) is 1.80. The van der Waals surface area contributed by atoms with Crippen LogP contribution in [0.2, 0.25) is 0 Å². The van der Waals surface area contributed by atoms with Crippen LogP contribution in [0, 0.1) is 0 Å². The number of nitrogens with one attached hydrogen (secondary N) is 2. The number of aliphatic hydroxyl groups is 2. The Balaban J connectivity index is 1.89. The fraction of sp³-hybridized carbons (Fsp3) is 0.500. The molecule has 102 valence electrons. The van der Waals surface area contributed by atoms with Crippen LogP contribution >= 0.6 is 0 Å². The van der Waals surface area contributed by atoms with Gasteiger partial charge in [-0.25, -0.2) is 4.98 Å². The molecule has 1 saturated heterocycles. The van der Waals surface area contributed by atoms with Gasteiger partial charge in [0.15, 0.2) is 0 Å². The van der Waals surface area contributed by atoms with E-state index in [1.165, 1.54) is 6.33 Å². The minimum atomic E-state index is -0.197. The summed E-state index contributed by atoms with van der Waals surface area (Å²) < 4.78 is 0. The van der Waals surface area contributed by atoms with E-state index in [-0.39, 0.29) is 30.9 Å². The van der Waals surface area contributed by atoms with Gasteiger partial charge >= 0.3 is 0 Å². The molecule has 0 aromatic carbocycles. The molecule has 3 rings (SSSR count). The fourth-order valence-corrected chi connectivity index (χ4v) is 2.68. The Morgan fingerprint density at radius 3 is 2.74 bits per heavy atom. The van der Waals surface area contributed by atoms with Crippen LogP contribution in [0.1, 0.15) is 12.0 Å². The third kappa shape index (κ3) is 1.95. The van der Waals surface area contributed by atoms with Crippen LogP contribution < -0.4 is 5.56 Å². The van der Waals surface area contributed by atoms with Crippen molar-refractivity contribution >= 4 is 11.0 Å². The van der Waals surface area contributed by atoms with Crippen molar-refractivity contribution in [3.8, 4) is 0 Å². The van der Waals surface area contributed by atoms with Gasteiger partial charge in [0.2, 0.25) is 0 Å². The van der Waals surface area contributed by atoms with Gasteiger partial charge in [-0.2, -0.15) is 0 Å². The quantitative estimate of drug-likeness (QED) is 0.577. The minimum Gasteiger partial charge on any atom is -0.395 e. The largest absolute Gasteiger partial charge is 0.395 e. The number of rotatable bonds is 4. The number of aliphatic hydroxyl groups excluding tert-OH is 2. The molecule has 0 bridgehead atoms. The maximum atomic E-state index is 11.6. The molecule has 4 N–H and O–H groups in total. The Hall–Kier alpha value is -1.70. The minimum absolute atomic E-state index is 0.0732. The molecule has 2 atom stereocenters. The van der Waals surface area contributed by atoms with Crippen molar-refractivity contribution in [3.63, 3.8) is 0 Å². The highest BCUT2D eigenvalue weighted by molar-refractivity contribution is 5.77. The molecule has 0 radical (unpaired) electrons. The molecule has 0 amide bonds. The summed E-state index contributed by atoms with van der Waals surface area (Å²) in [6, 6.07) is 0.146. The lowest BCUT2D eigenvalue weighted by molar-refractivity contribution is -0.0472. The lowest BCUT2D eigenvalue weighted by atomic mass is 9.93. The summed E-state index contributed by atoms with van der Waals surface area (Å²) in [5.74, 6) is 0. The van der Waals surface area contributed by atoms with E-state index >= 15 is 0 Å². The van der Waals surface area contributed by atoms with Gasteiger partial charge in [-0.15, -0.1) is 0 Å². The molecule has 0 aliphatic carbocycles. The van der Waals surface area contributed by atoms with Crippen LogP contribution in [-0.2, 0) is 6.54 Å². The van der Waals surface area contributed by atoms with Gasteiger partial charge in [-0.1, -0.05) is 0 Å². The second kappa shape index (κ2) is 4.76. The van der Waals surface area contributed by atoms with Crippen molar-refractivity contribution in [1.82, 2.24) is 19.9 Å². The lowest BCUT2D eigenvalue weighted by Crippen LogP contribution is -2.58. The zero-order chi connectivity index (χ0) is 13.4. The zero-order valence-electron chi connectivity index (χ0n) is 10.3. The Kier molecular flexibility index (Phi) is 3.09.